The number of aromatic hydroxyl groups is 1. The number of phenols is 1. The number of hydrogen-bond donors (Lipinski definition) is 4. The number of piperidine rings is 1. The van der Waals surface area contributed by atoms with Gasteiger partial charge in [-0.2, -0.15) is 0 Å². The normalized spacial score (nSPS) is 34.0. The summed E-state index contributed by atoms with van der Waals surface area (Å²) in [6.45, 7) is 3.51. The second kappa shape index (κ2) is 6.94. The van der Waals surface area contributed by atoms with Crippen LogP contribution in [0.15, 0.2) is 24.0 Å². The number of likely N-dealkylation sites (N-methyl/N-ethyl adjacent to an activating group) is 1. The smallest absolute Gasteiger partial charge is 0.333 e. The van der Waals surface area contributed by atoms with E-state index in [2.05, 4.69) is 10.2 Å². The molecule has 1 unspecified atom stereocenters. The minimum Gasteiger partial charge on any atom is -0.504 e. The first-order valence-corrected chi connectivity index (χ1v) is 10.9. The van der Waals surface area contributed by atoms with E-state index in [-0.39, 0.29) is 24.0 Å². The molecule has 4 aliphatic rings. The van der Waals surface area contributed by atoms with Crippen molar-refractivity contribution in [3.63, 3.8) is 0 Å². The van der Waals surface area contributed by atoms with Gasteiger partial charge < -0.3 is 35.0 Å². The summed E-state index contributed by atoms with van der Waals surface area (Å²) in [5, 5.41) is 34.4. The topological polar surface area (TPSA) is 129 Å². The monoisotopic (exact) mass is 444 g/mol. The van der Waals surface area contributed by atoms with Crippen LogP contribution in [0.3, 0.4) is 0 Å². The van der Waals surface area contributed by atoms with Crippen molar-refractivity contribution in [1.82, 2.24) is 10.2 Å². The number of carbonyl (C=O) groups is 2. The molecule has 5 rings (SSSR count). The maximum absolute atomic E-state index is 12.7. The van der Waals surface area contributed by atoms with Crippen LogP contribution in [-0.4, -0.2) is 75.6 Å². The Morgan fingerprint density at radius 1 is 1.34 bits per heavy atom. The maximum atomic E-state index is 12.7. The van der Waals surface area contributed by atoms with Gasteiger partial charge in [0.25, 0.3) is 0 Å². The van der Waals surface area contributed by atoms with Gasteiger partial charge in [0.2, 0.25) is 5.91 Å². The van der Waals surface area contributed by atoms with E-state index in [1.54, 1.807) is 12.1 Å². The molecule has 1 saturated heterocycles. The standard InChI is InChI=1S/C23H28N2O7/c1-11(24-20(28)12(2)26)21(29)31-15-6-7-23(30)16-10-13-4-5-14(27)18-17(13)22(23,19(15)32-18)8-9-25(16)3/h4-6,11-12,16,19,26-27,30H,7-10H2,1-3H3,(H,24,28)/t11-,12-,16?,19-,22-,23-/m0/s1. The Labute approximate surface area is 185 Å². The molecular weight excluding hydrogens is 416 g/mol. The number of aliphatic hydroxyl groups excluding tert-OH is 1. The predicted molar refractivity (Wildman–Crippen MR) is 112 cm³/mol. The van der Waals surface area contributed by atoms with E-state index in [0.717, 1.165) is 17.7 Å². The summed E-state index contributed by atoms with van der Waals surface area (Å²) >= 11 is 0. The minimum atomic E-state index is -1.25. The predicted octanol–water partition coefficient (Wildman–Crippen LogP) is 0.0986. The SMILES string of the molecule is C[C@H](O)C(=O)N[C@@H](C)C(=O)OC1=CC[C@]2(O)C3Cc4ccc(O)c5c4[C@@]2(CCN3C)[C@H]1O5. The van der Waals surface area contributed by atoms with Crippen molar-refractivity contribution < 1.29 is 34.4 Å². The Hall–Kier alpha value is -2.62. The number of benzene rings is 1. The van der Waals surface area contributed by atoms with Gasteiger partial charge in [-0.3, -0.25) is 4.79 Å². The highest BCUT2D eigenvalue weighted by atomic mass is 16.6. The molecule has 1 amide bonds. The van der Waals surface area contributed by atoms with Crippen LogP contribution in [0.25, 0.3) is 0 Å². The van der Waals surface area contributed by atoms with Gasteiger partial charge in [0.05, 0.1) is 11.0 Å². The van der Waals surface area contributed by atoms with Crippen LogP contribution in [-0.2, 0) is 26.2 Å². The first-order valence-electron chi connectivity index (χ1n) is 10.9. The largest absolute Gasteiger partial charge is 0.504 e. The number of amides is 1. The van der Waals surface area contributed by atoms with Gasteiger partial charge >= 0.3 is 5.97 Å². The molecule has 9 nitrogen and oxygen atoms in total. The number of ether oxygens (including phenoxy) is 2. The molecule has 1 aromatic carbocycles. The van der Waals surface area contributed by atoms with E-state index in [0.29, 0.717) is 18.6 Å². The minimum absolute atomic E-state index is 0.00417. The summed E-state index contributed by atoms with van der Waals surface area (Å²) in [7, 11) is 2.00. The first kappa shape index (κ1) is 21.2. The highest BCUT2D eigenvalue weighted by Crippen LogP contribution is 2.65. The molecule has 0 saturated carbocycles. The van der Waals surface area contributed by atoms with Crippen LogP contribution >= 0.6 is 0 Å². The lowest BCUT2D eigenvalue weighted by atomic mass is 9.50. The Kier molecular flexibility index (Phi) is 4.60. The van der Waals surface area contributed by atoms with Crippen molar-refractivity contribution >= 4 is 11.9 Å². The maximum Gasteiger partial charge on any atom is 0.333 e. The van der Waals surface area contributed by atoms with Crippen LogP contribution in [0.4, 0.5) is 0 Å². The number of hydrogen-bond acceptors (Lipinski definition) is 8. The Morgan fingerprint density at radius 2 is 2.09 bits per heavy atom. The average Bonchev–Trinajstić information content (AvgIpc) is 3.10. The summed E-state index contributed by atoms with van der Waals surface area (Å²) < 4.78 is 11.9. The number of phenolic OH excluding ortho intramolecular Hbond substituents is 1. The Bertz CT molecular complexity index is 1040. The van der Waals surface area contributed by atoms with Gasteiger partial charge in [0.15, 0.2) is 17.6 Å². The van der Waals surface area contributed by atoms with Crippen LogP contribution in [0.5, 0.6) is 11.5 Å². The van der Waals surface area contributed by atoms with Crippen molar-refractivity contribution in [3.8, 4) is 11.5 Å². The molecule has 4 N–H and O–H groups in total. The molecule has 9 heteroatoms. The van der Waals surface area contributed by atoms with Crippen molar-refractivity contribution in [2.45, 2.75) is 68.4 Å². The molecule has 2 aliphatic carbocycles. The third-order valence-corrected chi connectivity index (χ3v) is 7.66. The molecule has 0 radical (unpaired) electrons. The van der Waals surface area contributed by atoms with Gasteiger partial charge in [-0.25, -0.2) is 4.79 Å². The molecule has 1 aromatic rings. The highest BCUT2D eigenvalue weighted by Gasteiger charge is 2.72. The third-order valence-electron chi connectivity index (χ3n) is 7.66. The van der Waals surface area contributed by atoms with Crippen LogP contribution in [0.1, 0.15) is 37.8 Å². The molecule has 2 aliphatic heterocycles. The first-order chi connectivity index (χ1) is 15.1. The lowest BCUT2D eigenvalue weighted by Gasteiger charge is -2.61. The van der Waals surface area contributed by atoms with Crippen molar-refractivity contribution in [2.24, 2.45) is 0 Å². The zero-order valence-electron chi connectivity index (χ0n) is 18.3. The van der Waals surface area contributed by atoms with Gasteiger partial charge in [0, 0.05) is 18.0 Å². The second-order valence-corrected chi connectivity index (χ2v) is 9.43. The molecule has 2 heterocycles. The Balaban J connectivity index is 1.53. The van der Waals surface area contributed by atoms with E-state index in [1.165, 1.54) is 13.8 Å². The third kappa shape index (κ3) is 2.61. The molecule has 0 aromatic heterocycles. The number of nitrogens with one attached hydrogen (secondary N) is 1. The number of aliphatic hydroxyl groups is 2. The summed E-state index contributed by atoms with van der Waals surface area (Å²) in [6.07, 6.45) is 1.15. The zero-order chi connectivity index (χ0) is 23.0. The summed E-state index contributed by atoms with van der Waals surface area (Å²) in [4.78, 5) is 26.6. The molecule has 6 atom stereocenters. The summed E-state index contributed by atoms with van der Waals surface area (Å²) in [5.74, 6) is -0.769. The number of nitrogens with zero attached hydrogens (tertiary/aromatic N) is 1. The van der Waals surface area contributed by atoms with Crippen LogP contribution in [0.2, 0.25) is 0 Å². The van der Waals surface area contributed by atoms with Crippen molar-refractivity contribution in [2.75, 3.05) is 13.6 Å². The van der Waals surface area contributed by atoms with Crippen LogP contribution < -0.4 is 10.1 Å². The lowest BCUT2D eigenvalue weighted by Crippen LogP contribution is -2.74. The lowest BCUT2D eigenvalue weighted by molar-refractivity contribution is -0.170. The number of rotatable bonds is 4. The number of likely N-dealkylation sites (tertiary alicyclic amines) is 1. The fourth-order valence-corrected chi connectivity index (χ4v) is 6.03. The van der Waals surface area contributed by atoms with E-state index in [1.807, 2.05) is 13.1 Å². The van der Waals surface area contributed by atoms with Gasteiger partial charge in [-0.15, -0.1) is 0 Å². The molecule has 172 valence electrons. The number of carbonyl (C=O) groups excluding carboxylic acids is 2. The quantitative estimate of drug-likeness (QED) is 0.482. The molecule has 1 fully saturated rings. The van der Waals surface area contributed by atoms with E-state index in [9.17, 15) is 24.9 Å². The van der Waals surface area contributed by atoms with Crippen molar-refractivity contribution in [3.05, 3.63) is 35.1 Å². The van der Waals surface area contributed by atoms with Gasteiger partial charge in [0.1, 0.15) is 17.9 Å². The molecular formula is C23H28N2O7. The fraction of sp³-hybridized carbons (Fsp3) is 0.565. The van der Waals surface area contributed by atoms with Crippen LogP contribution in [0, 0.1) is 0 Å². The fourth-order valence-electron chi connectivity index (χ4n) is 6.03. The summed E-state index contributed by atoms with van der Waals surface area (Å²) in [5.41, 5.74) is -0.153. The van der Waals surface area contributed by atoms with Gasteiger partial charge in [-0.1, -0.05) is 6.07 Å². The highest BCUT2D eigenvalue weighted by molar-refractivity contribution is 5.86. The Morgan fingerprint density at radius 3 is 2.81 bits per heavy atom. The van der Waals surface area contributed by atoms with Gasteiger partial charge in [-0.05, 0) is 58.0 Å². The molecule has 2 bridgehead atoms. The summed E-state index contributed by atoms with van der Waals surface area (Å²) in [6, 6.07) is 2.36. The molecule has 1 spiro atoms. The molecule has 32 heavy (non-hydrogen) atoms. The second-order valence-electron chi connectivity index (χ2n) is 9.43. The van der Waals surface area contributed by atoms with E-state index >= 15 is 0 Å². The van der Waals surface area contributed by atoms with E-state index < -0.39 is 41.1 Å². The van der Waals surface area contributed by atoms with Crippen molar-refractivity contribution in [1.29, 1.82) is 0 Å². The zero-order valence-corrected chi connectivity index (χ0v) is 18.3. The average molecular weight is 444 g/mol. The number of esters is 1. The van der Waals surface area contributed by atoms with E-state index in [4.69, 9.17) is 9.47 Å².